The number of aliphatic hydroxyl groups excluding tert-OH is 1. The number of rotatable bonds is 5. The highest BCUT2D eigenvalue weighted by molar-refractivity contribution is 6.32. The molecule has 0 heterocycles. The molecule has 0 fully saturated rings. The van der Waals surface area contributed by atoms with E-state index in [2.05, 4.69) is 0 Å². The minimum atomic E-state index is -0.929. The Balaban J connectivity index is 2.93. The van der Waals surface area contributed by atoms with Crippen molar-refractivity contribution in [3.63, 3.8) is 0 Å². The quantitative estimate of drug-likeness (QED) is 0.865. The van der Waals surface area contributed by atoms with Crippen LogP contribution in [-0.2, 0) is 4.79 Å². The zero-order valence-corrected chi connectivity index (χ0v) is 11.3. The van der Waals surface area contributed by atoms with E-state index in [1.165, 1.54) is 7.11 Å². The fraction of sp³-hybridized carbons (Fsp3) is 0.462. The molecule has 0 aliphatic carbocycles. The van der Waals surface area contributed by atoms with E-state index in [1.54, 1.807) is 32.0 Å². The molecule has 0 aliphatic heterocycles. The van der Waals surface area contributed by atoms with Crippen LogP contribution in [0.3, 0.4) is 0 Å². The Hall–Kier alpha value is -1.26. The molecule has 0 aromatic heterocycles. The first-order valence-corrected chi connectivity index (χ1v) is 6.00. The second-order valence-electron chi connectivity index (χ2n) is 4.32. The minimum absolute atomic E-state index is 0.393. The van der Waals surface area contributed by atoms with Gasteiger partial charge >= 0.3 is 5.97 Å². The van der Waals surface area contributed by atoms with Gasteiger partial charge in [-0.15, -0.1) is 0 Å². The molecule has 0 bridgehead atoms. The Kier molecular flexibility index (Phi) is 4.99. The predicted molar refractivity (Wildman–Crippen MR) is 68.9 cm³/mol. The normalized spacial score (nSPS) is 15.8. The summed E-state index contributed by atoms with van der Waals surface area (Å²) in [7, 11) is 1.51. The number of hydrogen-bond acceptors (Lipinski definition) is 3. The van der Waals surface area contributed by atoms with Gasteiger partial charge in [-0.25, -0.2) is 0 Å². The molecule has 1 aromatic rings. The number of carbonyl (C=O) groups is 1. The highest BCUT2D eigenvalue weighted by atomic mass is 35.5. The van der Waals surface area contributed by atoms with Crippen LogP contribution in [0.1, 0.15) is 25.5 Å². The summed E-state index contributed by atoms with van der Waals surface area (Å²) in [4.78, 5) is 10.9. The van der Waals surface area contributed by atoms with E-state index in [9.17, 15) is 9.90 Å². The number of halogens is 1. The van der Waals surface area contributed by atoms with Gasteiger partial charge in [0, 0.05) is 0 Å². The summed E-state index contributed by atoms with van der Waals surface area (Å²) in [6.07, 6.45) is -0.875. The van der Waals surface area contributed by atoms with Crippen molar-refractivity contribution >= 4 is 17.6 Å². The molecule has 0 saturated heterocycles. The SMILES string of the molecule is COc1ccc(C(O)C(C)C(C)C(=O)O)cc1Cl. The fourth-order valence-electron chi connectivity index (χ4n) is 1.67. The third kappa shape index (κ3) is 3.15. The Labute approximate surface area is 111 Å². The molecule has 100 valence electrons. The maximum atomic E-state index is 10.9. The average Bonchev–Trinajstić information content (AvgIpc) is 2.35. The van der Waals surface area contributed by atoms with Gasteiger partial charge in [0.1, 0.15) is 5.75 Å². The number of benzene rings is 1. The second-order valence-corrected chi connectivity index (χ2v) is 4.73. The van der Waals surface area contributed by atoms with Gasteiger partial charge in [-0.1, -0.05) is 31.5 Å². The Morgan fingerprint density at radius 2 is 2.00 bits per heavy atom. The zero-order valence-electron chi connectivity index (χ0n) is 10.6. The van der Waals surface area contributed by atoms with Crippen LogP contribution in [0.25, 0.3) is 0 Å². The molecule has 0 saturated carbocycles. The summed E-state index contributed by atoms with van der Waals surface area (Å²) < 4.78 is 5.02. The van der Waals surface area contributed by atoms with Crippen molar-refractivity contribution in [2.24, 2.45) is 11.8 Å². The van der Waals surface area contributed by atoms with E-state index in [0.717, 1.165) is 0 Å². The molecule has 1 aromatic carbocycles. The Bertz CT molecular complexity index is 433. The van der Waals surface area contributed by atoms with E-state index in [4.69, 9.17) is 21.4 Å². The lowest BCUT2D eigenvalue weighted by molar-refractivity contribution is -0.144. The fourth-order valence-corrected chi connectivity index (χ4v) is 1.93. The summed E-state index contributed by atoms with van der Waals surface area (Å²) in [5, 5.41) is 19.5. The van der Waals surface area contributed by atoms with Crippen molar-refractivity contribution in [3.05, 3.63) is 28.8 Å². The van der Waals surface area contributed by atoms with Crippen LogP contribution in [0.4, 0.5) is 0 Å². The van der Waals surface area contributed by atoms with Gasteiger partial charge in [-0.2, -0.15) is 0 Å². The summed E-state index contributed by atoms with van der Waals surface area (Å²) in [6.45, 7) is 3.27. The molecule has 4 nitrogen and oxygen atoms in total. The van der Waals surface area contributed by atoms with E-state index >= 15 is 0 Å². The molecular weight excluding hydrogens is 256 g/mol. The molecule has 0 radical (unpaired) electrons. The molecule has 0 aliphatic rings. The molecular formula is C13H17ClO4. The first-order valence-electron chi connectivity index (χ1n) is 5.62. The molecule has 3 unspecified atom stereocenters. The van der Waals surface area contributed by atoms with Crippen LogP contribution < -0.4 is 4.74 Å². The van der Waals surface area contributed by atoms with Crippen molar-refractivity contribution in [1.29, 1.82) is 0 Å². The number of ether oxygens (including phenoxy) is 1. The van der Waals surface area contributed by atoms with E-state index < -0.39 is 23.9 Å². The highest BCUT2D eigenvalue weighted by Crippen LogP contribution is 2.32. The predicted octanol–water partition coefficient (Wildman–Crippen LogP) is 2.74. The summed E-state index contributed by atoms with van der Waals surface area (Å²) in [6, 6.07) is 4.93. The molecule has 2 N–H and O–H groups in total. The summed E-state index contributed by atoms with van der Waals surface area (Å²) in [5.74, 6) is -1.46. The van der Waals surface area contributed by atoms with Crippen LogP contribution in [0.2, 0.25) is 5.02 Å². The molecule has 18 heavy (non-hydrogen) atoms. The summed E-state index contributed by atoms with van der Waals surface area (Å²) in [5.41, 5.74) is 0.585. The van der Waals surface area contributed by atoms with Crippen molar-refractivity contribution in [1.82, 2.24) is 0 Å². The minimum Gasteiger partial charge on any atom is -0.495 e. The van der Waals surface area contributed by atoms with Gasteiger partial charge in [0.15, 0.2) is 0 Å². The Morgan fingerprint density at radius 3 is 2.44 bits per heavy atom. The van der Waals surface area contributed by atoms with Crippen LogP contribution in [0.15, 0.2) is 18.2 Å². The van der Waals surface area contributed by atoms with Crippen LogP contribution >= 0.6 is 11.6 Å². The third-order valence-electron chi connectivity index (χ3n) is 3.19. The molecule has 0 amide bonds. The highest BCUT2D eigenvalue weighted by Gasteiger charge is 2.27. The van der Waals surface area contributed by atoms with E-state index in [0.29, 0.717) is 16.3 Å². The molecule has 0 spiro atoms. The number of aliphatic hydroxyl groups is 1. The van der Waals surface area contributed by atoms with Gasteiger partial charge in [0.05, 0.1) is 24.2 Å². The van der Waals surface area contributed by atoms with Gasteiger partial charge in [0.2, 0.25) is 0 Å². The van der Waals surface area contributed by atoms with Gasteiger partial charge in [0.25, 0.3) is 0 Å². The average molecular weight is 273 g/mol. The van der Waals surface area contributed by atoms with Crippen molar-refractivity contribution in [2.45, 2.75) is 20.0 Å². The third-order valence-corrected chi connectivity index (χ3v) is 3.49. The molecule has 3 atom stereocenters. The number of methoxy groups -OCH3 is 1. The zero-order chi connectivity index (χ0) is 13.9. The van der Waals surface area contributed by atoms with Crippen molar-refractivity contribution in [2.75, 3.05) is 7.11 Å². The van der Waals surface area contributed by atoms with Crippen LogP contribution in [0.5, 0.6) is 5.75 Å². The molecule has 1 rings (SSSR count). The van der Waals surface area contributed by atoms with Gasteiger partial charge in [-0.05, 0) is 23.6 Å². The summed E-state index contributed by atoms with van der Waals surface area (Å²) >= 11 is 5.97. The van der Waals surface area contributed by atoms with Gasteiger partial charge < -0.3 is 14.9 Å². The van der Waals surface area contributed by atoms with E-state index in [-0.39, 0.29) is 0 Å². The number of carboxylic acid groups (broad SMARTS) is 1. The monoisotopic (exact) mass is 272 g/mol. The topological polar surface area (TPSA) is 66.8 Å². The lowest BCUT2D eigenvalue weighted by atomic mass is 9.87. The lowest BCUT2D eigenvalue weighted by Crippen LogP contribution is -2.23. The smallest absolute Gasteiger partial charge is 0.306 e. The standard InChI is InChI=1S/C13H17ClO4/c1-7(8(2)13(16)17)12(15)9-4-5-11(18-3)10(14)6-9/h4-8,12,15H,1-3H3,(H,16,17). The largest absolute Gasteiger partial charge is 0.495 e. The van der Waals surface area contributed by atoms with E-state index in [1.807, 2.05) is 0 Å². The van der Waals surface area contributed by atoms with Crippen LogP contribution in [-0.4, -0.2) is 23.3 Å². The maximum absolute atomic E-state index is 10.9. The van der Waals surface area contributed by atoms with Crippen LogP contribution in [0, 0.1) is 11.8 Å². The first kappa shape index (κ1) is 14.8. The van der Waals surface area contributed by atoms with Gasteiger partial charge in [-0.3, -0.25) is 4.79 Å². The number of aliphatic carboxylic acids is 1. The number of hydrogen-bond donors (Lipinski definition) is 2. The lowest BCUT2D eigenvalue weighted by Gasteiger charge is -2.23. The number of carboxylic acids is 1. The Morgan fingerprint density at radius 1 is 1.39 bits per heavy atom. The van der Waals surface area contributed by atoms with Crippen molar-refractivity contribution < 1.29 is 19.7 Å². The maximum Gasteiger partial charge on any atom is 0.306 e. The second kappa shape index (κ2) is 6.07. The van der Waals surface area contributed by atoms with Crippen molar-refractivity contribution in [3.8, 4) is 5.75 Å². The molecule has 5 heteroatoms. The first-order chi connectivity index (χ1) is 8.38.